The molecule has 0 aliphatic carbocycles. The number of nitrogens with zero attached hydrogens (tertiary/aromatic N) is 1. The fourth-order valence-electron chi connectivity index (χ4n) is 1.80. The van der Waals surface area contributed by atoms with E-state index in [2.05, 4.69) is 21.2 Å². The lowest BCUT2D eigenvalue weighted by Crippen LogP contribution is -2.42. The van der Waals surface area contributed by atoms with E-state index in [9.17, 15) is 9.59 Å². The molecule has 1 aromatic rings. The molecule has 7 heteroatoms. The molecular formula is C13H16BrClN2O3. The third-order valence-electron chi connectivity index (χ3n) is 2.77. The summed E-state index contributed by atoms with van der Waals surface area (Å²) in [5.74, 6) is -0.941. The molecule has 1 unspecified atom stereocenters. The summed E-state index contributed by atoms with van der Waals surface area (Å²) in [6, 6.07) is 4.35. The van der Waals surface area contributed by atoms with Gasteiger partial charge in [-0.3, -0.25) is 4.79 Å². The van der Waals surface area contributed by atoms with E-state index >= 15 is 0 Å². The minimum absolute atomic E-state index is 0.104. The van der Waals surface area contributed by atoms with Crippen LogP contribution in [0.4, 0.5) is 10.5 Å². The molecule has 2 amide bonds. The van der Waals surface area contributed by atoms with Crippen LogP contribution in [-0.2, 0) is 4.79 Å². The molecule has 1 rings (SSSR count). The molecule has 5 nitrogen and oxygen atoms in total. The highest BCUT2D eigenvalue weighted by molar-refractivity contribution is 9.10. The van der Waals surface area contributed by atoms with Crippen molar-refractivity contribution in [3.63, 3.8) is 0 Å². The van der Waals surface area contributed by atoms with Crippen LogP contribution < -0.4 is 5.32 Å². The number of nitrogens with one attached hydrogen (secondary N) is 1. The number of carboxylic acids is 1. The average Bonchev–Trinajstić information content (AvgIpc) is 2.33. The van der Waals surface area contributed by atoms with Crippen LogP contribution in [-0.4, -0.2) is 34.6 Å². The van der Waals surface area contributed by atoms with E-state index in [0.717, 1.165) is 4.47 Å². The van der Waals surface area contributed by atoms with E-state index < -0.39 is 12.0 Å². The zero-order valence-corrected chi connectivity index (χ0v) is 13.5. The summed E-state index contributed by atoms with van der Waals surface area (Å²) < 4.78 is 0.791. The summed E-state index contributed by atoms with van der Waals surface area (Å²) in [5.41, 5.74) is 0.479. The van der Waals surface area contributed by atoms with Gasteiger partial charge in [0.05, 0.1) is 17.1 Å². The number of hydrogen-bond donors (Lipinski definition) is 2. The molecule has 1 atom stereocenters. The van der Waals surface area contributed by atoms with Crippen molar-refractivity contribution in [1.29, 1.82) is 0 Å². The van der Waals surface area contributed by atoms with Crippen molar-refractivity contribution in [2.24, 2.45) is 0 Å². The predicted molar refractivity (Wildman–Crippen MR) is 82.3 cm³/mol. The van der Waals surface area contributed by atoms with Crippen LogP contribution in [0.1, 0.15) is 20.3 Å². The molecule has 0 spiro atoms. The van der Waals surface area contributed by atoms with Gasteiger partial charge in [0, 0.05) is 17.1 Å². The van der Waals surface area contributed by atoms with Gasteiger partial charge in [-0.05, 0) is 32.0 Å². The second-order valence-corrected chi connectivity index (χ2v) is 5.61. The smallest absolute Gasteiger partial charge is 0.322 e. The molecule has 0 aromatic heterocycles. The Labute approximate surface area is 131 Å². The van der Waals surface area contributed by atoms with Crippen molar-refractivity contribution in [1.82, 2.24) is 4.90 Å². The van der Waals surface area contributed by atoms with Gasteiger partial charge in [-0.2, -0.15) is 0 Å². The fraction of sp³-hybridized carbons (Fsp3) is 0.385. The Morgan fingerprint density at radius 2 is 2.15 bits per heavy atom. The first kappa shape index (κ1) is 16.8. The normalized spacial score (nSPS) is 11.8. The molecule has 1 aromatic carbocycles. The molecule has 0 bridgehead atoms. The second-order valence-electron chi connectivity index (χ2n) is 4.29. The van der Waals surface area contributed by atoms with E-state index in [1.807, 2.05) is 0 Å². The van der Waals surface area contributed by atoms with E-state index in [0.29, 0.717) is 17.3 Å². The molecule has 20 heavy (non-hydrogen) atoms. The average molecular weight is 364 g/mol. The largest absolute Gasteiger partial charge is 0.481 e. The summed E-state index contributed by atoms with van der Waals surface area (Å²) in [6.07, 6.45) is -0.104. The summed E-state index contributed by atoms with van der Waals surface area (Å²) in [6.45, 7) is 3.89. The molecule has 0 saturated heterocycles. The topological polar surface area (TPSA) is 69.6 Å². The van der Waals surface area contributed by atoms with Crippen LogP contribution in [0, 0.1) is 0 Å². The number of amides is 2. The first-order chi connectivity index (χ1) is 9.35. The van der Waals surface area contributed by atoms with Gasteiger partial charge in [-0.25, -0.2) is 4.79 Å². The highest BCUT2D eigenvalue weighted by Gasteiger charge is 2.21. The number of carbonyl (C=O) groups excluding carboxylic acids is 1. The molecule has 0 radical (unpaired) electrons. The summed E-state index contributed by atoms with van der Waals surface area (Å²) in [5, 5.41) is 11.9. The van der Waals surface area contributed by atoms with Gasteiger partial charge < -0.3 is 15.3 Å². The van der Waals surface area contributed by atoms with Crippen LogP contribution in [0.5, 0.6) is 0 Å². The maximum absolute atomic E-state index is 12.2. The zero-order chi connectivity index (χ0) is 15.3. The summed E-state index contributed by atoms with van der Waals surface area (Å²) >= 11 is 9.30. The standard InChI is InChI=1S/C13H16BrClN2O3/c1-3-17(8(2)6-12(18)19)13(20)16-11-7-9(14)4-5-10(11)15/h4-5,7-8H,3,6H2,1-2H3,(H,16,20)(H,18,19). The first-order valence-corrected chi connectivity index (χ1v) is 7.26. The van der Waals surface area contributed by atoms with Gasteiger partial charge in [0.2, 0.25) is 0 Å². The van der Waals surface area contributed by atoms with Crippen LogP contribution in [0.2, 0.25) is 5.02 Å². The first-order valence-electron chi connectivity index (χ1n) is 6.09. The maximum atomic E-state index is 12.2. The van der Waals surface area contributed by atoms with E-state index in [1.54, 1.807) is 32.0 Å². The van der Waals surface area contributed by atoms with Gasteiger partial charge in [-0.15, -0.1) is 0 Å². The monoisotopic (exact) mass is 362 g/mol. The highest BCUT2D eigenvalue weighted by atomic mass is 79.9. The van der Waals surface area contributed by atoms with Crippen LogP contribution >= 0.6 is 27.5 Å². The Kier molecular flexibility index (Phi) is 6.29. The summed E-state index contributed by atoms with van der Waals surface area (Å²) in [4.78, 5) is 24.4. The SMILES string of the molecule is CCN(C(=O)Nc1cc(Br)ccc1Cl)C(C)CC(=O)O. The Morgan fingerprint density at radius 1 is 1.50 bits per heavy atom. The molecule has 0 aliphatic heterocycles. The van der Waals surface area contributed by atoms with E-state index in [4.69, 9.17) is 16.7 Å². The third kappa shape index (κ3) is 4.68. The second kappa shape index (κ2) is 7.50. The molecule has 2 N–H and O–H groups in total. The Balaban J connectivity index is 2.82. The minimum Gasteiger partial charge on any atom is -0.481 e. The number of urea groups is 1. The van der Waals surface area contributed by atoms with Crippen molar-refractivity contribution in [2.45, 2.75) is 26.3 Å². The van der Waals surface area contributed by atoms with Crippen molar-refractivity contribution < 1.29 is 14.7 Å². The third-order valence-corrected chi connectivity index (χ3v) is 3.60. The molecule has 0 aliphatic rings. The number of aliphatic carboxylic acids is 1. The molecular weight excluding hydrogens is 348 g/mol. The van der Waals surface area contributed by atoms with Crippen molar-refractivity contribution in [2.75, 3.05) is 11.9 Å². The van der Waals surface area contributed by atoms with Gasteiger partial charge in [0.1, 0.15) is 0 Å². The van der Waals surface area contributed by atoms with Crippen LogP contribution in [0.25, 0.3) is 0 Å². The highest BCUT2D eigenvalue weighted by Crippen LogP contribution is 2.26. The lowest BCUT2D eigenvalue weighted by molar-refractivity contribution is -0.137. The van der Waals surface area contributed by atoms with Gasteiger partial charge >= 0.3 is 12.0 Å². The van der Waals surface area contributed by atoms with Gasteiger partial charge in [-0.1, -0.05) is 27.5 Å². The number of hydrogen-bond acceptors (Lipinski definition) is 2. The lowest BCUT2D eigenvalue weighted by Gasteiger charge is -2.27. The number of halogens is 2. The van der Waals surface area contributed by atoms with Crippen LogP contribution in [0.3, 0.4) is 0 Å². The van der Waals surface area contributed by atoms with Crippen molar-refractivity contribution in [3.8, 4) is 0 Å². The Bertz CT molecular complexity index is 510. The van der Waals surface area contributed by atoms with Gasteiger partial charge in [0.15, 0.2) is 0 Å². The number of benzene rings is 1. The molecule has 0 saturated carbocycles. The molecule has 0 fully saturated rings. The van der Waals surface area contributed by atoms with E-state index in [1.165, 1.54) is 4.90 Å². The molecule has 0 heterocycles. The zero-order valence-electron chi connectivity index (χ0n) is 11.2. The van der Waals surface area contributed by atoms with Crippen molar-refractivity contribution in [3.05, 3.63) is 27.7 Å². The molecule has 110 valence electrons. The van der Waals surface area contributed by atoms with Crippen LogP contribution in [0.15, 0.2) is 22.7 Å². The van der Waals surface area contributed by atoms with E-state index in [-0.39, 0.29) is 12.5 Å². The fourth-order valence-corrected chi connectivity index (χ4v) is 2.32. The lowest BCUT2D eigenvalue weighted by atomic mass is 10.2. The number of anilines is 1. The Hall–Kier alpha value is -1.27. The number of rotatable bonds is 5. The predicted octanol–water partition coefficient (Wildman–Crippen LogP) is 3.82. The number of carboxylic acid groups (broad SMARTS) is 1. The van der Waals surface area contributed by atoms with Crippen molar-refractivity contribution >= 4 is 45.2 Å². The minimum atomic E-state index is -0.941. The van der Waals surface area contributed by atoms with Gasteiger partial charge in [0.25, 0.3) is 0 Å². The maximum Gasteiger partial charge on any atom is 0.322 e. The number of carbonyl (C=O) groups is 2. The quantitative estimate of drug-likeness (QED) is 0.835. The summed E-state index contributed by atoms with van der Waals surface area (Å²) in [7, 11) is 0. The Morgan fingerprint density at radius 3 is 2.70 bits per heavy atom.